The number of benzene rings is 2. The molecule has 3 aromatic rings. The standard InChI is InChI=1S/C21H21FN2O/c1-14-4-2-3-5-15(14)10-20(25)24-13-21(8-9-21)18-12-23-19-11-16(22)6-7-17(18)19/h2-7,11-12,23H,8-10,13H2,1H3,(H,24,25). The second kappa shape index (κ2) is 6.03. The molecule has 2 aromatic carbocycles. The van der Waals surface area contributed by atoms with E-state index in [-0.39, 0.29) is 17.1 Å². The predicted molar refractivity (Wildman–Crippen MR) is 97.1 cm³/mol. The van der Waals surface area contributed by atoms with E-state index in [0.29, 0.717) is 13.0 Å². The number of aromatic amines is 1. The molecule has 1 heterocycles. The highest BCUT2D eigenvalue weighted by atomic mass is 19.1. The van der Waals surface area contributed by atoms with Gasteiger partial charge in [0, 0.05) is 29.1 Å². The van der Waals surface area contributed by atoms with E-state index >= 15 is 0 Å². The third-order valence-corrected chi connectivity index (χ3v) is 5.30. The van der Waals surface area contributed by atoms with Crippen LogP contribution in [0.4, 0.5) is 4.39 Å². The van der Waals surface area contributed by atoms with E-state index in [9.17, 15) is 9.18 Å². The van der Waals surface area contributed by atoms with Gasteiger partial charge in [-0.05, 0) is 54.7 Å². The minimum Gasteiger partial charge on any atom is -0.361 e. The highest BCUT2D eigenvalue weighted by molar-refractivity contribution is 5.85. The second-order valence-corrected chi connectivity index (χ2v) is 7.05. The van der Waals surface area contributed by atoms with Crippen molar-refractivity contribution in [1.82, 2.24) is 10.3 Å². The number of nitrogens with one attached hydrogen (secondary N) is 2. The van der Waals surface area contributed by atoms with Crippen molar-refractivity contribution in [2.24, 2.45) is 0 Å². The fourth-order valence-corrected chi connectivity index (χ4v) is 3.54. The number of halogens is 1. The number of H-pyrrole nitrogens is 1. The van der Waals surface area contributed by atoms with Gasteiger partial charge in [-0.1, -0.05) is 24.3 Å². The Kier molecular flexibility index (Phi) is 3.83. The van der Waals surface area contributed by atoms with Gasteiger partial charge in [0.25, 0.3) is 0 Å². The number of aryl methyl sites for hydroxylation is 1. The molecule has 1 amide bonds. The average Bonchev–Trinajstić information content (AvgIpc) is 3.27. The topological polar surface area (TPSA) is 44.9 Å². The van der Waals surface area contributed by atoms with E-state index in [4.69, 9.17) is 0 Å². The molecular formula is C21H21FN2O. The van der Waals surface area contributed by atoms with E-state index in [1.165, 1.54) is 17.7 Å². The van der Waals surface area contributed by atoms with Gasteiger partial charge in [-0.25, -0.2) is 4.39 Å². The van der Waals surface area contributed by atoms with Gasteiger partial charge in [-0.3, -0.25) is 4.79 Å². The zero-order valence-electron chi connectivity index (χ0n) is 14.2. The normalized spacial score (nSPS) is 15.3. The molecule has 0 spiro atoms. The Morgan fingerprint density at radius 1 is 1.24 bits per heavy atom. The number of fused-ring (bicyclic) bond motifs is 1. The van der Waals surface area contributed by atoms with Crippen molar-refractivity contribution in [3.63, 3.8) is 0 Å². The van der Waals surface area contributed by atoms with Crippen LogP contribution < -0.4 is 5.32 Å². The molecule has 0 aliphatic heterocycles. The van der Waals surface area contributed by atoms with Crippen LogP contribution in [0.2, 0.25) is 0 Å². The van der Waals surface area contributed by atoms with Crippen LogP contribution in [0.1, 0.15) is 29.5 Å². The molecule has 128 valence electrons. The Balaban J connectivity index is 1.47. The van der Waals surface area contributed by atoms with Crippen LogP contribution >= 0.6 is 0 Å². The maximum Gasteiger partial charge on any atom is 0.224 e. The summed E-state index contributed by atoms with van der Waals surface area (Å²) in [7, 11) is 0. The second-order valence-electron chi connectivity index (χ2n) is 7.05. The highest BCUT2D eigenvalue weighted by Crippen LogP contribution is 2.50. The summed E-state index contributed by atoms with van der Waals surface area (Å²) >= 11 is 0. The summed E-state index contributed by atoms with van der Waals surface area (Å²) in [4.78, 5) is 15.5. The van der Waals surface area contributed by atoms with Crippen LogP contribution in [0, 0.1) is 12.7 Å². The third-order valence-electron chi connectivity index (χ3n) is 5.30. The molecule has 25 heavy (non-hydrogen) atoms. The van der Waals surface area contributed by atoms with E-state index < -0.39 is 0 Å². The Labute approximate surface area is 146 Å². The van der Waals surface area contributed by atoms with Crippen molar-refractivity contribution in [3.05, 3.63) is 71.2 Å². The monoisotopic (exact) mass is 336 g/mol. The average molecular weight is 336 g/mol. The summed E-state index contributed by atoms with van der Waals surface area (Å²) in [5.41, 5.74) is 4.17. The SMILES string of the molecule is Cc1ccccc1CC(=O)NCC1(c2c[nH]c3cc(F)ccc23)CC1. The first kappa shape index (κ1) is 15.9. The first-order chi connectivity index (χ1) is 12.1. The van der Waals surface area contributed by atoms with Crippen LogP contribution in [-0.2, 0) is 16.6 Å². The largest absolute Gasteiger partial charge is 0.361 e. The molecular weight excluding hydrogens is 315 g/mol. The maximum absolute atomic E-state index is 13.4. The van der Waals surface area contributed by atoms with Crippen molar-refractivity contribution in [1.29, 1.82) is 0 Å². The number of rotatable bonds is 5. The maximum atomic E-state index is 13.4. The molecule has 1 aliphatic carbocycles. The molecule has 1 aromatic heterocycles. The Hall–Kier alpha value is -2.62. The molecule has 0 atom stereocenters. The lowest BCUT2D eigenvalue weighted by Gasteiger charge is -2.16. The molecule has 4 heteroatoms. The molecule has 3 nitrogen and oxygen atoms in total. The van der Waals surface area contributed by atoms with Crippen LogP contribution in [0.15, 0.2) is 48.7 Å². The first-order valence-electron chi connectivity index (χ1n) is 8.66. The highest BCUT2D eigenvalue weighted by Gasteiger charge is 2.45. The molecule has 1 fully saturated rings. The van der Waals surface area contributed by atoms with Crippen molar-refractivity contribution >= 4 is 16.8 Å². The molecule has 4 rings (SSSR count). The lowest BCUT2D eigenvalue weighted by atomic mass is 9.95. The fraction of sp³-hybridized carbons (Fsp3) is 0.286. The quantitative estimate of drug-likeness (QED) is 0.726. The van der Waals surface area contributed by atoms with Gasteiger partial charge in [-0.15, -0.1) is 0 Å². The number of carbonyl (C=O) groups is 1. The van der Waals surface area contributed by atoms with Crippen LogP contribution in [0.5, 0.6) is 0 Å². The lowest BCUT2D eigenvalue weighted by molar-refractivity contribution is -0.120. The lowest BCUT2D eigenvalue weighted by Crippen LogP contribution is -2.33. The van der Waals surface area contributed by atoms with E-state index in [1.54, 1.807) is 0 Å². The van der Waals surface area contributed by atoms with Gasteiger partial charge in [0.05, 0.1) is 6.42 Å². The number of hydrogen-bond donors (Lipinski definition) is 2. The van der Waals surface area contributed by atoms with Crippen LogP contribution in [-0.4, -0.2) is 17.4 Å². The summed E-state index contributed by atoms with van der Waals surface area (Å²) in [6.07, 6.45) is 4.45. The van der Waals surface area contributed by atoms with Crippen LogP contribution in [0.3, 0.4) is 0 Å². The number of amides is 1. The molecule has 2 N–H and O–H groups in total. The van der Waals surface area contributed by atoms with Crippen molar-refractivity contribution in [2.75, 3.05) is 6.54 Å². The third kappa shape index (κ3) is 3.04. The number of hydrogen-bond acceptors (Lipinski definition) is 1. The molecule has 0 saturated heterocycles. The minimum atomic E-state index is -0.239. The van der Waals surface area contributed by atoms with E-state index in [0.717, 1.165) is 34.9 Å². The fourth-order valence-electron chi connectivity index (χ4n) is 3.54. The van der Waals surface area contributed by atoms with Gasteiger partial charge in [0.2, 0.25) is 5.91 Å². The molecule has 0 bridgehead atoms. The zero-order chi connectivity index (χ0) is 17.4. The van der Waals surface area contributed by atoms with Crippen LogP contribution in [0.25, 0.3) is 10.9 Å². The van der Waals surface area contributed by atoms with Crippen molar-refractivity contribution < 1.29 is 9.18 Å². The predicted octanol–water partition coefficient (Wildman–Crippen LogP) is 4.01. The Bertz CT molecular complexity index is 940. The van der Waals surface area contributed by atoms with Gasteiger partial charge < -0.3 is 10.3 Å². The molecule has 1 saturated carbocycles. The summed E-state index contributed by atoms with van der Waals surface area (Å²) in [5, 5.41) is 4.15. The van der Waals surface area contributed by atoms with Crippen molar-refractivity contribution in [3.8, 4) is 0 Å². The minimum absolute atomic E-state index is 0.0164. The van der Waals surface area contributed by atoms with Gasteiger partial charge in [0.15, 0.2) is 0 Å². The molecule has 0 unspecified atom stereocenters. The van der Waals surface area contributed by atoms with E-state index in [1.807, 2.05) is 43.5 Å². The summed E-state index contributed by atoms with van der Waals surface area (Å²) in [6.45, 7) is 2.65. The zero-order valence-corrected chi connectivity index (χ0v) is 14.2. The first-order valence-corrected chi connectivity index (χ1v) is 8.66. The van der Waals surface area contributed by atoms with Gasteiger partial charge in [0.1, 0.15) is 5.82 Å². The summed E-state index contributed by atoms with van der Waals surface area (Å²) in [5.74, 6) is -0.191. The smallest absolute Gasteiger partial charge is 0.224 e. The van der Waals surface area contributed by atoms with Gasteiger partial charge >= 0.3 is 0 Å². The Morgan fingerprint density at radius 2 is 2.04 bits per heavy atom. The summed E-state index contributed by atoms with van der Waals surface area (Å²) in [6, 6.07) is 12.8. The Morgan fingerprint density at radius 3 is 2.80 bits per heavy atom. The van der Waals surface area contributed by atoms with Gasteiger partial charge in [-0.2, -0.15) is 0 Å². The van der Waals surface area contributed by atoms with Crippen molar-refractivity contribution in [2.45, 2.75) is 31.6 Å². The molecule has 1 aliphatic rings. The number of carbonyl (C=O) groups excluding carboxylic acids is 1. The van der Waals surface area contributed by atoms with E-state index in [2.05, 4.69) is 10.3 Å². The summed E-state index contributed by atoms with van der Waals surface area (Å²) < 4.78 is 13.4. The number of aromatic nitrogens is 1. The molecule has 0 radical (unpaired) electrons.